The van der Waals surface area contributed by atoms with Crippen molar-refractivity contribution in [3.05, 3.63) is 71.9 Å². The molecule has 5 nitrogen and oxygen atoms in total. The van der Waals surface area contributed by atoms with Gasteiger partial charge in [-0.05, 0) is 37.1 Å². The van der Waals surface area contributed by atoms with Crippen molar-refractivity contribution in [1.29, 1.82) is 0 Å². The first-order valence-corrected chi connectivity index (χ1v) is 10.5. The second kappa shape index (κ2) is 7.52. The molecule has 0 aliphatic carbocycles. The Balaban J connectivity index is 1.36. The van der Waals surface area contributed by atoms with Crippen molar-refractivity contribution in [2.24, 2.45) is 0 Å². The number of nitrogens with zero attached hydrogens (tertiary/aromatic N) is 4. The van der Waals surface area contributed by atoms with Gasteiger partial charge < -0.3 is 9.47 Å². The van der Waals surface area contributed by atoms with E-state index in [-0.39, 0.29) is 17.8 Å². The Morgan fingerprint density at radius 2 is 1.83 bits per heavy atom. The molecule has 1 aliphatic heterocycles. The predicted octanol–water partition coefficient (Wildman–Crippen LogP) is 4.76. The summed E-state index contributed by atoms with van der Waals surface area (Å²) in [5.74, 6) is 0.683. The minimum absolute atomic E-state index is 0.0209. The van der Waals surface area contributed by atoms with Crippen LogP contribution in [-0.4, -0.2) is 38.4 Å². The maximum absolute atomic E-state index is 13.6. The zero-order chi connectivity index (χ0) is 20.7. The summed E-state index contributed by atoms with van der Waals surface area (Å²) in [6.07, 6.45) is 2.47. The number of amides is 1. The molecular weight excluding hydrogens is 379 g/mol. The van der Waals surface area contributed by atoms with Crippen molar-refractivity contribution in [3.8, 4) is 0 Å². The molecule has 1 saturated heterocycles. The third-order valence-electron chi connectivity index (χ3n) is 5.98. The SMILES string of the molecule is CCc1nc2cc(F)ccc2n1C1CCN(C(=O)c2ccc3ccccc3n2)CC1. The molecule has 2 aromatic carbocycles. The lowest BCUT2D eigenvalue weighted by Crippen LogP contribution is -2.39. The first-order valence-electron chi connectivity index (χ1n) is 10.5. The minimum Gasteiger partial charge on any atom is -0.337 e. The van der Waals surface area contributed by atoms with Gasteiger partial charge in [0.1, 0.15) is 17.3 Å². The number of aryl methyl sites for hydroxylation is 1. The lowest BCUT2D eigenvalue weighted by molar-refractivity contribution is 0.0689. The summed E-state index contributed by atoms with van der Waals surface area (Å²) in [4.78, 5) is 24.1. The molecule has 1 amide bonds. The quantitative estimate of drug-likeness (QED) is 0.496. The molecule has 2 aromatic heterocycles. The summed E-state index contributed by atoms with van der Waals surface area (Å²) in [5.41, 5.74) is 2.99. The largest absolute Gasteiger partial charge is 0.337 e. The number of hydrogen-bond acceptors (Lipinski definition) is 3. The summed E-state index contributed by atoms with van der Waals surface area (Å²) in [7, 11) is 0. The van der Waals surface area contributed by atoms with Gasteiger partial charge in [0.2, 0.25) is 0 Å². The number of aromatic nitrogens is 3. The van der Waals surface area contributed by atoms with Crippen molar-refractivity contribution in [2.45, 2.75) is 32.2 Å². The first-order chi connectivity index (χ1) is 14.6. The smallest absolute Gasteiger partial charge is 0.272 e. The van der Waals surface area contributed by atoms with Crippen molar-refractivity contribution < 1.29 is 9.18 Å². The van der Waals surface area contributed by atoms with Gasteiger partial charge in [0.05, 0.1) is 16.6 Å². The molecule has 1 aliphatic rings. The average Bonchev–Trinajstić information content (AvgIpc) is 3.16. The second-order valence-electron chi connectivity index (χ2n) is 7.80. The number of imidazole rings is 1. The van der Waals surface area contributed by atoms with Crippen molar-refractivity contribution in [3.63, 3.8) is 0 Å². The number of piperidine rings is 1. The summed E-state index contributed by atoms with van der Waals surface area (Å²) < 4.78 is 15.9. The average molecular weight is 402 g/mol. The molecule has 0 N–H and O–H groups in total. The Labute approximate surface area is 174 Å². The lowest BCUT2D eigenvalue weighted by Gasteiger charge is -2.33. The van der Waals surface area contributed by atoms with E-state index in [4.69, 9.17) is 0 Å². The Hall–Kier alpha value is -3.28. The van der Waals surface area contributed by atoms with Crippen molar-refractivity contribution >= 4 is 27.8 Å². The predicted molar refractivity (Wildman–Crippen MR) is 115 cm³/mol. The zero-order valence-corrected chi connectivity index (χ0v) is 16.9. The highest BCUT2D eigenvalue weighted by Crippen LogP contribution is 2.30. The van der Waals surface area contributed by atoms with E-state index in [1.54, 1.807) is 0 Å². The molecule has 30 heavy (non-hydrogen) atoms. The van der Waals surface area contributed by atoms with E-state index in [1.165, 1.54) is 12.1 Å². The van der Waals surface area contributed by atoms with E-state index in [2.05, 4.69) is 21.5 Å². The molecule has 1 fully saturated rings. The van der Waals surface area contributed by atoms with Gasteiger partial charge in [-0.3, -0.25) is 4.79 Å². The number of halogens is 1. The Kier molecular flexibility index (Phi) is 4.69. The van der Waals surface area contributed by atoms with Gasteiger partial charge in [-0.25, -0.2) is 14.4 Å². The zero-order valence-electron chi connectivity index (χ0n) is 16.9. The van der Waals surface area contributed by atoms with Crippen LogP contribution < -0.4 is 0 Å². The highest BCUT2D eigenvalue weighted by atomic mass is 19.1. The molecule has 0 unspecified atom stereocenters. The fourth-order valence-corrected chi connectivity index (χ4v) is 4.45. The van der Waals surface area contributed by atoms with Gasteiger partial charge in [-0.2, -0.15) is 0 Å². The molecule has 152 valence electrons. The number of fused-ring (bicyclic) bond motifs is 2. The van der Waals surface area contributed by atoms with E-state index < -0.39 is 0 Å². The number of pyridine rings is 1. The third kappa shape index (κ3) is 3.22. The lowest BCUT2D eigenvalue weighted by atomic mass is 10.0. The van der Waals surface area contributed by atoms with E-state index in [1.807, 2.05) is 47.4 Å². The van der Waals surface area contributed by atoms with Crippen LogP contribution in [0.2, 0.25) is 0 Å². The van der Waals surface area contributed by atoms with Crippen molar-refractivity contribution in [2.75, 3.05) is 13.1 Å². The Bertz CT molecular complexity index is 1240. The number of rotatable bonds is 3. The maximum atomic E-state index is 13.6. The van der Waals surface area contributed by atoms with Gasteiger partial charge in [0.25, 0.3) is 5.91 Å². The fraction of sp³-hybridized carbons (Fsp3) is 0.292. The van der Waals surface area contributed by atoms with Crippen LogP contribution in [0.25, 0.3) is 21.9 Å². The summed E-state index contributed by atoms with van der Waals surface area (Å²) in [6.45, 7) is 3.40. The molecule has 0 atom stereocenters. The molecule has 3 heterocycles. The molecule has 0 saturated carbocycles. The highest BCUT2D eigenvalue weighted by Gasteiger charge is 2.27. The van der Waals surface area contributed by atoms with E-state index in [0.29, 0.717) is 24.3 Å². The van der Waals surface area contributed by atoms with E-state index >= 15 is 0 Å². The second-order valence-corrected chi connectivity index (χ2v) is 7.80. The topological polar surface area (TPSA) is 51.0 Å². The standard InChI is InChI=1S/C24H23FN4O/c1-2-23-27-21-15-17(25)8-10-22(21)29(23)18-11-13-28(14-12-18)24(30)20-9-7-16-5-3-4-6-19(16)26-20/h3-10,15,18H,2,11-14H2,1H3. The maximum Gasteiger partial charge on any atom is 0.272 e. The highest BCUT2D eigenvalue weighted by molar-refractivity contribution is 5.95. The molecule has 4 aromatic rings. The summed E-state index contributed by atoms with van der Waals surface area (Å²) in [5, 5.41) is 1.03. The van der Waals surface area contributed by atoms with Gasteiger partial charge in [-0.15, -0.1) is 0 Å². The third-order valence-corrected chi connectivity index (χ3v) is 5.98. The molecule has 0 radical (unpaired) electrons. The van der Waals surface area contributed by atoms with Crippen LogP contribution in [-0.2, 0) is 6.42 Å². The normalized spacial score (nSPS) is 15.2. The van der Waals surface area contributed by atoms with Crippen LogP contribution in [0.1, 0.15) is 42.1 Å². The van der Waals surface area contributed by atoms with Gasteiger partial charge in [-0.1, -0.05) is 31.2 Å². The number of benzene rings is 2. The van der Waals surface area contributed by atoms with Crippen LogP contribution in [0, 0.1) is 5.82 Å². The minimum atomic E-state index is -0.266. The van der Waals surface area contributed by atoms with Crippen LogP contribution in [0.15, 0.2) is 54.6 Å². The molecule has 5 rings (SSSR count). The van der Waals surface area contributed by atoms with Gasteiger partial charge >= 0.3 is 0 Å². The molecular formula is C24H23FN4O. The Morgan fingerprint density at radius 1 is 1.03 bits per heavy atom. The van der Waals surface area contributed by atoms with E-state index in [0.717, 1.165) is 41.5 Å². The van der Waals surface area contributed by atoms with Gasteiger partial charge in [0.15, 0.2) is 0 Å². The van der Waals surface area contributed by atoms with Crippen LogP contribution in [0.5, 0.6) is 0 Å². The van der Waals surface area contributed by atoms with Crippen LogP contribution in [0.3, 0.4) is 0 Å². The monoisotopic (exact) mass is 402 g/mol. The van der Waals surface area contributed by atoms with Crippen molar-refractivity contribution in [1.82, 2.24) is 19.4 Å². The number of para-hydroxylation sites is 1. The Morgan fingerprint density at radius 3 is 2.63 bits per heavy atom. The summed E-state index contributed by atoms with van der Waals surface area (Å²) in [6, 6.07) is 16.6. The number of hydrogen-bond donors (Lipinski definition) is 0. The molecule has 6 heteroatoms. The summed E-state index contributed by atoms with van der Waals surface area (Å²) >= 11 is 0. The fourth-order valence-electron chi connectivity index (χ4n) is 4.45. The molecule has 0 spiro atoms. The van der Waals surface area contributed by atoms with Crippen LogP contribution >= 0.6 is 0 Å². The van der Waals surface area contributed by atoms with E-state index in [9.17, 15) is 9.18 Å². The number of carbonyl (C=O) groups is 1. The number of likely N-dealkylation sites (tertiary alicyclic amines) is 1. The first kappa shape index (κ1) is 18.7. The number of carbonyl (C=O) groups excluding carboxylic acids is 1. The van der Waals surface area contributed by atoms with Crippen LogP contribution in [0.4, 0.5) is 4.39 Å². The van der Waals surface area contributed by atoms with Gasteiger partial charge in [0, 0.05) is 37.0 Å². The molecule has 0 bridgehead atoms.